The summed E-state index contributed by atoms with van der Waals surface area (Å²) >= 11 is 1.66. The Morgan fingerprint density at radius 3 is 3.28 bits per heavy atom. The molecule has 0 bridgehead atoms. The van der Waals surface area contributed by atoms with Crippen molar-refractivity contribution in [1.82, 2.24) is 5.32 Å². The lowest BCUT2D eigenvalue weighted by Crippen LogP contribution is -2.50. The molecule has 18 heavy (non-hydrogen) atoms. The Morgan fingerprint density at radius 2 is 2.56 bits per heavy atom. The summed E-state index contributed by atoms with van der Waals surface area (Å²) in [5, 5.41) is 7.11. The molecule has 2 rings (SSSR count). The van der Waals surface area contributed by atoms with Gasteiger partial charge in [0.15, 0.2) is 0 Å². The molecule has 0 unspecified atom stereocenters. The van der Waals surface area contributed by atoms with Crippen molar-refractivity contribution in [3.63, 3.8) is 0 Å². The Balaban J connectivity index is 1.75. The molecule has 1 aliphatic rings. The minimum atomic E-state index is -0.0151. The summed E-state index contributed by atoms with van der Waals surface area (Å²) in [4.78, 5) is 11.8. The first-order chi connectivity index (χ1) is 8.79. The third kappa shape index (κ3) is 3.80. The van der Waals surface area contributed by atoms with Crippen molar-refractivity contribution in [2.45, 2.75) is 31.4 Å². The summed E-state index contributed by atoms with van der Waals surface area (Å²) < 4.78 is 10.7. The highest BCUT2D eigenvalue weighted by molar-refractivity contribution is 7.07. The highest BCUT2D eigenvalue weighted by Gasteiger charge is 2.26. The van der Waals surface area contributed by atoms with E-state index in [4.69, 9.17) is 9.47 Å². The van der Waals surface area contributed by atoms with Crippen LogP contribution in [0.2, 0.25) is 0 Å². The molecule has 2 atom stereocenters. The predicted octanol–water partition coefficient (Wildman–Crippen LogP) is 1.60. The Hall–Kier alpha value is -0.910. The Morgan fingerprint density at radius 1 is 1.67 bits per heavy atom. The second kappa shape index (κ2) is 6.87. The molecule has 0 aromatic carbocycles. The zero-order valence-corrected chi connectivity index (χ0v) is 11.4. The van der Waals surface area contributed by atoms with E-state index < -0.39 is 0 Å². The van der Waals surface area contributed by atoms with Gasteiger partial charge < -0.3 is 14.8 Å². The summed E-state index contributed by atoms with van der Waals surface area (Å²) in [6.07, 6.45) is 2.22. The third-order valence-electron chi connectivity index (χ3n) is 3.16. The number of hydrogen-bond donors (Lipinski definition) is 1. The summed E-state index contributed by atoms with van der Waals surface area (Å²) in [6.45, 7) is 1.25. The van der Waals surface area contributed by atoms with Gasteiger partial charge in [0.2, 0.25) is 5.91 Å². The van der Waals surface area contributed by atoms with Crippen molar-refractivity contribution in [2.24, 2.45) is 0 Å². The van der Waals surface area contributed by atoms with Crippen LogP contribution in [0.1, 0.15) is 18.4 Å². The van der Waals surface area contributed by atoms with Gasteiger partial charge in [0, 0.05) is 20.1 Å². The van der Waals surface area contributed by atoms with E-state index in [-0.39, 0.29) is 18.1 Å². The van der Waals surface area contributed by atoms with Crippen molar-refractivity contribution in [2.75, 3.05) is 20.3 Å². The maximum atomic E-state index is 11.8. The minimum Gasteiger partial charge on any atom is -0.379 e. The van der Waals surface area contributed by atoms with Gasteiger partial charge in [-0.05, 0) is 35.2 Å². The number of carbonyl (C=O) groups excluding carboxylic acids is 1. The van der Waals surface area contributed by atoms with Gasteiger partial charge in [0.25, 0.3) is 0 Å². The van der Waals surface area contributed by atoms with Gasteiger partial charge in [-0.15, -0.1) is 0 Å². The molecule has 1 fully saturated rings. The fourth-order valence-electron chi connectivity index (χ4n) is 2.11. The average Bonchev–Trinajstić information content (AvgIpc) is 2.90. The predicted molar refractivity (Wildman–Crippen MR) is 70.8 cm³/mol. The van der Waals surface area contributed by atoms with Gasteiger partial charge in [-0.2, -0.15) is 11.3 Å². The normalized spacial score (nSPS) is 23.8. The Kier molecular flexibility index (Phi) is 5.16. The highest BCUT2D eigenvalue weighted by Crippen LogP contribution is 2.12. The van der Waals surface area contributed by atoms with Crippen LogP contribution < -0.4 is 5.32 Å². The molecule has 1 aromatic rings. The van der Waals surface area contributed by atoms with E-state index in [1.54, 1.807) is 18.4 Å². The fraction of sp³-hybridized carbons (Fsp3) is 0.615. The number of carbonyl (C=O) groups is 1. The van der Waals surface area contributed by atoms with Crippen LogP contribution in [0.4, 0.5) is 0 Å². The quantitative estimate of drug-likeness (QED) is 0.883. The molecular weight excluding hydrogens is 250 g/mol. The zero-order chi connectivity index (χ0) is 12.8. The largest absolute Gasteiger partial charge is 0.379 e. The highest BCUT2D eigenvalue weighted by atomic mass is 32.1. The molecule has 0 aliphatic carbocycles. The number of methoxy groups -OCH3 is 1. The van der Waals surface area contributed by atoms with E-state index >= 15 is 0 Å². The van der Waals surface area contributed by atoms with Crippen molar-refractivity contribution >= 4 is 17.2 Å². The van der Waals surface area contributed by atoms with E-state index in [1.807, 2.05) is 5.38 Å². The van der Waals surface area contributed by atoms with E-state index in [2.05, 4.69) is 16.8 Å². The van der Waals surface area contributed by atoms with Gasteiger partial charge in [0.1, 0.15) is 0 Å². The van der Waals surface area contributed by atoms with Crippen LogP contribution in [0.25, 0.3) is 0 Å². The van der Waals surface area contributed by atoms with Gasteiger partial charge in [-0.3, -0.25) is 4.79 Å². The number of nitrogens with one attached hydrogen (secondary N) is 1. The molecule has 100 valence electrons. The van der Waals surface area contributed by atoms with Crippen LogP contribution >= 0.6 is 11.3 Å². The number of thiophene rings is 1. The fourth-order valence-corrected chi connectivity index (χ4v) is 2.81. The van der Waals surface area contributed by atoms with E-state index in [0.717, 1.165) is 12.8 Å². The topological polar surface area (TPSA) is 47.6 Å². The monoisotopic (exact) mass is 269 g/mol. The van der Waals surface area contributed by atoms with Crippen LogP contribution in [0.15, 0.2) is 16.8 Å². The van der Waals surface area contributed by atoms with Crippen LogP contribution in [-0.2, 0) is 20.7 Å². The Labute approximate surface area is 111 Å². The first kappa shape index (κ1) is 13.5. The van der Waals surface area contributed by atoms with Crippen molar-refractivity contribution in [3.05, 3.63) is 22.4 Å². The standard InChI is InChI=1S/C13H19NO3S/c1-16-12-4-6-17-8-11(12)14-13(15)3-2-10-5-7-18-9-10/h5,7,9,11-12H,2-4,6,8H2,1H3,(H,14,15)/t11-,12-/m1/s1. The van der Waals surface area contributed by atoms with Gasteiger partial charge in [-0.1, -0.05) is 0 Å². The smallest absolute Gasteiger partial charge is 0.220 e. The molecule has 1 aromatic heterocycles. The van der Waals surface area contributed by atoms with Crippen LogP contribution in [-0.4, -0.2) is 38.4 Å². The summed E-state index contributed by atoms with van der Waals surface area (Å²) in [5.74, 6) is 0.0683. The second-order valence-electron chi connectivity index (χ2n) is 4.44. The SMILES string of the molecule is CO[C@@H]1CCOC[C@H]1NC(=O)CCc1ccsc1. The molecule has 0 radical (unpaired) electrons. The molecule has 2 heterocycles. The molecule has 0 spiro atoms. The molecule has 1 aliphatic heterocycles. The van der Waals surface area contributed by atoms with Gasteiger partial charge >= 0.3 is 0 Å². The first-order valence-corrected chi connectivity index (χ1v) is 7.15. The number of hydrogen-bond acceptors (Lipinski definition) is 4. The molecule has 1 saturated heterocycles. The molecule has 4 nitrogen and oxygen atoms in total. The van der Waals surface area contributed by atoms with Crippen molar-refractivity contribution in [1.29, 1.82) is 0 Å². The van der Waals surface area contributed by atoms with E-state index in [0.29, 0.717) is 19.6 Å². The van der Waals surface area contributed by atoms with Gasteiger partial charge in [-0.25, -0.2) is 0 Å². The van der Waals surface area contributed by atoms with Gasteiger partial charge in [0.05, 0.1) is 18.8 Å². The summed E-state index contributed by atoms with van der Waals surface area (Å²) in [7, 11) is 1.68. The Bertz CT molecular complexity index is 366. The molecular formula is C13H19NO3S. The summed E-state index contributed by atoms with van der Waals surface area (Å²) in [6, 6.07) is 2.04. The number of aryl methyl sites for hydroxylation is 1. The average molecular weight is 269 g/mol. The van der Waals surface area contributed by atoms with Crippen LogP contribution in [0.5, 0.6) is 0 Å². The summed E-state index contributed by atoms with van der Waals surface area (Å²) in [5.41, 5.74) is 1.22. The zero-order valence-electron chi connectivity index (χ0n) is 10.6. The number of rotatable bonds is 5. The van der Waals surface area contributed by atoms with Crippen LogP contribution in [0.3, 0.4) is 0 Å². The molecule has 1 amide bonds. The third-order valence-corrected chi connectivity index (χ3v) is 3.89. The van der Waals surface area contributed by atoms with E-state index in [9.17, 15) is 4.79 Å². The maximum Gasteiger partial charge on any atom is 0.220 e. The first-order valence-electron chi connectivity index (χ1n) is 6.20. The number of amides is 1. The maximum absolute atomic E-state index is 11.8. The molecule has 1 N–H and O–H groups in total. The van der Waals surface area contributed by atoms with E-state index in [1.165, 1.54) is 5.56 Å². The lowest BCUT2D eigenvalue weighted by atomic mass is 10.1. The van der Waals surface area contributed by atoms with Crippen molar-refractivity contribution in [3.8, 4) is 0 Å². The minimum absolute atomic E-state index is 0.0151. The lowest BCUT2D eigenvalue weighted by Gasteiger charge is -2.31. The van der Waals surface area contributed by atoms with Crippen LogP contribution in [0, 0.1) is 0 Å². The molecule has 0 saturated carbocycles. The second-order valence-corrected chi connectivity index (χ2v) is 5.22. The molecule has 5 heteroatoms. The lowest BCUT2D eigenvalue weighted by molar-refractivity contribution is -0.125. The number of ether oxygens (including phenoxy) is 2. The van der Waals surface area contributed by atoms with Crippen molar-refractivity contribution < 1.29 is 14.3 Å².